The van der Waals surface area contributed by atoms with Gasteiger partial charge in [0.05, 0.1) is 12.6 Å². The highest BCUT2D eigenvalue weighted by Gasteiger charge is 2.16. The Kier molecular flexibility index (Phi) is 3.33. The molecule has 1 aromatic carbocycles. The number of thiophene rings is 1. The van der Waals surface area contributed by atoms with Crippen LogP contribution in [0.3, 0.4) is 0 Å². The highest BCUT2D eigenvalue weighted by molar-refractivity contribution is 7.12. The molecule has 2 nitrogen and oxygen atoms in total. The van der Waals surface area contributed by atoms with Gasteiger partial charge in [-0.1, -0.05) is 12.1 Å². The summed E-state index contributed by atoms with van der Waals surface area (Å²) >= 11 is 1.80. The van der Waals surface area contributed by atoms with Crippen LogP contribution < -0.4 is 10.5 Å². The molecule has 1 atom stereocenters. The molecule has 1 aliphatic heterocycles. The summed E-state index contributed by atoms with van der Waals surface area (Å²) < 4.78 is 5.65. The van der Waals surface area contributed by atoms with Crippen LogP contribution in [0.15, 0.2) is 24.3 Å². The third-order valence-corrected chi connectivity index (χ3v) is 5.02. The predicted octanol–water partition coefficient (Wildman–Crippen LogP) is 3.74. The molecule has 0 spiro atoms. The molecule has 0 saturated heterocycles. The fourth-order valence-electron chi connectivity index (χ4n) is 2.49. The lowest BCUT2D eigenvalue weighted by Gasteiger charge is -2.19. The van der Waals surface area contributed by atoms with E-state index in [4.69, 9.17) is 10.5 Å². The van der Waals surface area contributed by atoms with Crippen molar-refractivity contribution in [1.29, 1.82) is 0 Å². The fourth-order valence-corrected chi connectivity index (χ4v) is 3.57. The first-order chi connectivity index (χ1) is 9.15. The molecule has 2 N–H and O–H groups in total. The molecule has 0 fully saturated rings. The standard InChI is InChI=1S/C16H19NOS/c1-10-8-15(19-11(10)2)16(17)13-5-6-14-12(9-13)4-3-7-18-14/h5-6,8-9,16H,3-4,7,17H2,1-2H3. The van der Waals surface area contributed by atoms with Crippen molar-refractivity contribution in [3.05, 3.63) is 50.7 Å². The molecular weight excluding hydrogens is 254 g/mol. The van der Waals surface area contributed by atoms with Gasteiger partial charge in [0, 0.05) is 9.75 Å². The second kappa shape index (κ2) is 4.99. The van der Waals surface area contributed by atoms with Gasteiger partial charge in [-0.25, -0.2) is 0 Å². The zero-order chi connectivity index (χ0) is 13.4. The summed E-state index contributed by atoms with van der Waals surface area (Å²) in [6.07, 6.45) is 2.20. The van der Waals surface area contributed by atoms with E-state index < -0.39 is 0 Å². The Hall–Kier alpha value is -1.32. The lowest BCUT2D eigenvalue weighted by molar-refractivity contribution is 0.288. The van der Waals surface area contributed by atoms with Gasteiger partial charge in [-0.3, -0.25) is 0 Å². The molecule has 0 aliphatic carbocycles. The van der Waals surface area contributed by atoms with Crippen LogP contribution in [0.5, 0.6) is 5.75 Å². The summed E-state index contributed by atoms with van der Waals surface area (Å²) in [6.45, 7) is 5.13. The van der Waals surface area contributed by atoms with Crippen molar-refractivity contribution in [2.24, 2.45) is 5.73 Å². The van der Waals surface area contributed by atoms with Crippen molar-refractivity contribution < 1.29 is 4.74 Å². The average molecular weight is 273 g/mol. The molecule has 1 unspecified atom stereocenters. The van der Waals surface area contributed by atoms with Crippen molar-refractivity contribution in [3.63, 3.8) is 0 Å². The van der Waals surface area contributed by atoms with Crippen LogP contribution in [0.4, 0.5) is 0 Å². The van der Waals surface area contributed by atoms with Crippen LogP contribution in [-0.2, 0) is 6.42 Å². The lowest BCUT2D eigenvalue weighted by Crippen LogP contribution is -2.13. The number of benzene rings is 1. The van der Waals surface area contributed by atoms with Gasteiger partial charge in [0.25, 0.3) is 0 Å². The Morgan fingerprint density at radius 3 is 2.84 bits per heavy atom. The van der Waals surface area contributed by atoms with Crippen LogP contribution >= 0.6 is 11.3 Å². The van der Waals surface area contributed by atoms with Gasteiger partial charge in [-0.2, -0.15) is 0 Å². The zero-order valence-corrected chi connectivity index (χ0v) is 12.2. The van der Waals surface area contributed by atoms with E-state index in [1.807, 2.05) is 0 Å². The van der Waals surface area contributed by atoms with Gasteiger partial charge >= 0.3 is 0 Å². The maximum atomic E-state index is 6.40. The summed E-state index contributed by atoms with van der Waals surface area (Å²) in [5.74, 6) is 1.03. The zero-order valence-electron chi connectivity index (χ0n) is 11.4. The molecule has 0 saturated carbocycles. The number of hydrogen-bond acceptors (Lipinski definition) is 3. The van der Waals surface area contributed by atoms with Crippen molar-refractivity contribution >= 4 is 11.3 Å². The average Bonchev–Trinajstić information content (AvgIpc) is 2.77. The van der Waals surface area contributed by atoms with Gasteiger partial charge in [0.1, 0.15) is 5.75 Å². The molecular formula is C16H19NOS. The number of fused-ring (bicyclic) bond motifs is 1. The Morgan fingerprint density at radius 2 is 2.11 bits per heavy atom. The van der Waals surface area contributed by atoms with Crippen LogP contribution in [0.2, 0.25) is 0 Å². The monoisotopic (exact) mass is 273 g/mol. The highest BCUT2D eigenvalue weighted by Crippen LogP contribution is 2.32. The van der Waals surface area contributed by atoms with E-state index in [0.29, 0.717) is 0 Å². The molecule has 2 aromatic rings. The number of ether oxygens (including phenoxy) is 1. The molecule has 2 heterocycles. The number of aryl methyl sites for hydroxylation is 3. The first-order valence-electron chi connectivity index (χ1n) is 6.73. The molecule has 3 rings (SSSR count). The van der Waals surface area contributed by atoms with E-state index >= 15 is 0 Å². The second-order valence-electron chi connectivity index (χ2n) is 5.18. The van der Waals surface area contributed by atoms with Gasteiger partial charge < -0.3 is 10.5 Å². The minimum Gasteiger partial charge on any atom is -0.493 e. The van der Waals surface area contributed by atoms with E-state index in [1.165, 1.54) is 26.4 Å². The largest absolute Gasteiger partial charge is 0.493 e. The first-order valence-corrected chi connectivity index (χ1v) is 7.55. The molecule has 1 aromatic heterocycles. The van der Waals surface area contributed by atoms with Crippen LogP contribution in [0, 0.1) is 13.8 Å². The molecule has 0 bridgehead atoms. The van der Waals surface area contributed by atoms with Crippen molar-refractivity contribution in [3.8, 4) is 5.75 Å². The van der Waals surface area contributed by atoms with Crippen LogP contribution in [-0.4, -0.2) is 6.61 Å². The van der Waals surface area contributed by atoms with E-state index in [-0.39, 0.29) is 6.04 Å². The van der Waals surface area contributed by atoms with Gasteiger partial charge in [-0.05, 0) is 55.5 Å². The lowest BCUT2D eigenvalue weighted by atomic mass is 9.99. The van der Waals surface area contributed by atoms with E-state index in [0.717, 1.165) is 25.2 Å². The second-order valence-corrected chi connectivity index (χ2v) is 6.47. The van der Waals surface area contributed by atoms with E-state index in [1.54, 1.807) is 11.3 Å². The molecule has 1 aliphatic rings. The van der Waals surface area contributed by atoms with Gasteiger partial charge in [0.2, 0.25) is 0 Å². The third-order valence-electron chi connectivity index (χ3n) is 3.78. The third kappa shape index (κ3) is 2.40. The first kappa shape index (κ1) is 12.7. The quantitative estimate of drug-likeness (QED) is 0.904. The number of rotatable bonds is 2. The summed E-state index contributed by atoms with van der Waals surface area (Å²) in [5, 5.41) is 0. The molecule has 100 valence electrons. The topological polar surface area (TPSA) is 35.2 Å². The van der Waals surface area contributed by atoms with E-state index in [9.17, 15) is 0 Å². The summed E-state index contributed by atoms with van der Waals surface area (Å²) in [6, 6.07) is 8.56. The van der Waals surface area contributed by atoms with Crippen molar-refractivity contribution in [2.75, 3.05) is 6.61 Å². The molecule has 0 radical (unpaired) electrons. The van der Waals surface area contributed by atoms with E-state index in [2.05, 4.69) is 38.1 Å². The molecule has 19 heavy (non-hydrogen) atoms. The SMILES string of the molecule is Cc1cc(C(N)c2ccc3c(c2)CCCO3)sc1C. The summed E-state index contributed by atoms with van der Waals surface area (Å²) in [7, 11) is 0. The smallest absolute Gasteiger partial charge is 0.122 e. The van der Waals surface area contributed by atoms with Gasteiger partial charge in [0.15, 0.2) is 0 Å². The Balaban J connectivity index is 1.93. The maximum Gasteiger partial charge on any atom is 0.122 e. The Bertz CT molecular complexity index is 583. The van der Waals surface area contributed by atoms with Gasteiger partial charge in [-0.15, -0.1) is 11.3 Å². The maximum absolute atomic E-state index is 6.40. The number of nitrogens with two attached hydrogens (primary N) is 1. The Labute approximate surface area is 118 Å². The summed E-state index contributed by atoms with van der Waals surface area (Å²) in [4.78, 5) is 2.60. The van der Waals surface area contributed by atoms with Crippen LogP contribution in [0.25, 0.3) is 0 Å². The van der Waals surface area contributed by atoms with Crippen LogP contribution in [0.1, 0.15) is 38.9 Å². The molecule has 3 heteroatoms. The predicted molar refractivity (Wildman–Crippen MR) is 80.1 cm³/mol. The minimum absolute atomic E-state index is 0.0235. The normalized spacial score (nSPS) is 15.7. The van der Waals surface area contributed by atoms with Crippen molar-refractivity contribution in [1.82, 2.24) is 0 Å². The molecule has 0 amide bonds. The summed E-state index contributed by atoms with van der Waals surface area (Å²) in [5.41, 5.74) is 10.2. The minimum atomic E-state index is -0.0235. The highest BCUT2D eigenvalue weighted by atomic mass is 32.1. The Morgan fingerprint density at radius 1 is 1.26 bits per heavy atom. The fraction of sp³-hybridized carbons (Fsp3) is 0.375. The van der Waals surface area contributed by atoms with Crippen molar-refractivity contribution in [2.45, 2.75) is 32.7 Å². The number of hydrogen-bond donors (Lipinski definition) is 1.